The third-order valence-electron chi connectivity index (χ3n) is 3.11. The highest BCUT2D eigenvalue weighted by Crippen LogP contribution is 2.11. The fourth-order valence-electron chi connectivity index (χ4n) is 1.96. The predicted octanol–water partition coefficient (Wildman–Crippen LogP) is 2.29. The molecule has 0 aromatic rings. The average molecular weight is 256 g/mol. The number of primary amides is 1. The standard InChI is InChI=1S/C14H28N2O2/c15-12-13(17)10-8-6-4-2-1-3-5-7-9-11-14(16)18/h1-12,15H2,(H2,16,18). The van der Waals surface area contributed by atoms with E-state index < -0.39 is 0 Å². The molecule has 0 saturated heterocycles. The molecule has 0 rings (SSSR count). The zero-order valence-corrected chi connectivity index (χ0v) is 11.5. The fourth-order valence-corrected chi connectivity index (χ4v) is 1.96. The first-order chi connectivity index (χ1) is 8.66. The lowest BCUT2D eigenvalue weighted by Gasteiger charge is -2.02. The number of hydrogen-bond acceptors (Lipinski definition) is 3. The number of hydrogen-bond donors (Lipinski definition) is 2. The molecule has 0 aromatic carbocycles. The molecule has 4 N–H and O–H groups in total. The summed E-state index contributed by atoms with van der Waals surface area (Å²) in [6.45, 7) is 0.186. The van der Waals surface area contributed by atoms with Crippen LogP contribution in [0, 0.1) is 0 Å². The maximum Gasteiger partial charge on any atom is 0.217 e. The van der Waals surface area contributed by atoms with E-state index in [4.69, 9.17) is 11.5 Å². The first kappa shape index (κ1) is 17.1. The van der Waals surface area contributed by atoms with Crippen molar-refractivity contribution in [2.45, 2.75) is 70.6 Å². The SMILES string of the molecule is NCC(=O)CCCCCCCCCCCC(N)=O. The Balaban J connectivity index is 3.03. The van der Waals surface area contributed by atoms with Crippen molar-refractivity contribution in [2.75, 3.05) is 6.54 Å². The number of rotatable bonds is 13. The molecule has 0 aliphatic rings. The van der Waals surface area contributed by atoms with Gasteiger partial charge in [0.05, 0.1) is 6.54 Å². The quantitative estimate of drug-likeness (QED) is 0.496. The molecule has 4 heteroatoms. The third-order valence-corrected chi connectivity index (χ3v) is 3.11. The van der Waals surface area contributed by atoms with E-state index in [9.17, 15) is 9.59 Å². The minimum atomic E-state index is -0.193. The third kappa shape index (κ3) is 13.2. The molecular weight excluding hydrogens is 228 g/mol. The number of carbonyl (C=O) groups is 2. The van der Waals surface area contributed by atoms with Gasteiger partial charge in [-0.25, -0.2) is 0 Å². The first-order valence-corrected chi connectivity index (χ1v) is 7.17. The van der Waals surface area contributed by atoms with Gasteiger partial charge in [-0.1, -0.05) is 44.9 Å². The van der Waals surface area contributed by atoms with Crippen LogP contribution in [0.1, 0.15) is 70.6 Å². The largest absolute Gasteiger partial charge is 0.370 e. The van der Waals surface area contributed by atoms with Gasteiger partial charge in [-0.3, -0.25) is 9.59 Å². The minimum absolute atomic E-state index is 0.171. The normalized spacial score (nSPS) is 10.5. The van der Waals surface area contributed by atoms with Crippen LogP contribution >= 0.6 is 0 Å². The van der Waals surface area contributed by atoms with Crippen molar-refractivity contribution in [3.05, 3.63) is 0 Å². The molecule has 0 saturated carbocycles. The Bertz CT molecular complexity index is 230. The summed E-state index contributed by atoms with van der Waals surface area (Å²) in [4.78, 5) is 21.4. The molecule has 106 valence electrons. The van der Waals surface area contributed by atoms with Crippen molar-refractivity contribution in [2.24, 2.45) is 11.5 Å². The van der Waals surface area contributed by atoms with E-state index in [1.807, 2.05) is 0 Å². The van der Waals surface area contributed by atoms with Crippen LogP contribution in [-0.2, 0) is 9.59 Å². The summed E-state index contributed by atoms with van der Waals surface area (Å²) in [5, 5.41) is 0. The molecule has 0 aliphatic heterocycles. The summed E-state index contributed by atoms with van der Waals surface area (Å²) in [6.07, 6.45) is 11.4. The van der Waals surface area contributed by atoms with Gasteiger partial charge < -0.3 is 11.5 Å². The Morgan fingerprint density at radius 2 is 1.06 bits per heavy atom. The molecule has 0 unspecified atom stereocenters. The zero-order chi connectivity index (χ0) is 13.6. The van der Waals surface area contributed by atoms with Crippen molar-refractivity contribution >= 4 is 11.7 Å². The minimum Gasteiger partial charge on any atom is -0.370 e. The van der Waals surface area contributed by atoms with E-state index >= 15 is 0 Å². The highest BCUT2D eigenvalue weighted by Gasteiger charge is 1.98. The maximum absolute atomic E-state index is 10.9. The summed E-state index contributed by atoms with van der Waals surface area (Å²) in [7, 11) is 0. The van der Waals surface area contributed by atoms with Gasteiger partial charge in [0.1, 0.15) is 5.78 Å². The summed E-state index contributed by atoms with van der Waals surface area (Å²) < 4.78 is 0. The molecule has 0 bridgehead atoms. The summed E-state index contributed by atoms with van der Waals surface area (Å²) in [6, 6.07) is 0. The van der Waals surface area contributed by atoms with Gasteiger partial charge in [0.2, 0.25) is 5.91 Å². The number of ketones is 1. The van der Waals surface area contributed by atoms with Crippen molar-refractivity contribution < 1.29 is 9.59 Å². The zero-order valence-electron chi connectivity index (χ0n) is 11.5. The van der Waals surface area contributed by atoms with Crippen LogP contribution in [0.15, 0.2) is 0 Å². The van der Waals surface area contributed by atoms with Crippen molar-refractivity contribution in [3.63, 3.8) is 0 Å². The lowest BCUT2D eigenvalue weighted by Crippen LogP contribution is -2.12. The van der Waals surface area contributed by atoms with Gasteiger partial charge in [-0.15, -0.1) is 0 Å². The molecule has 0 aromatic heterocycles. The predicted molar refractivity (Wildman–Crippen MR) is 74.0 cm³/mol. The van der Waals surface area contributed by atoms with Gasteiger partial charge in [0.15, 0.2) is 0 Å². The highest BCUT2D eigenvalue weighted by molar-refractivity contribution is 5.80. The van der Waals surface area contributed by atoms with Crippen molar-refractivity contribution in [3.8, 4) is 0 Å². The Kier molecular flexibility index (Phi) is 11.9. The molecule has 0 heterocycles. The van der Waals surface area contributed by atoms with Gasteiger partial charge in [0, 0.05) is 12.8 Å². The monoisotopic (exact) mass is 256 g/mol. The van der Waals surface area contributed by atoms with Crippen LogP contribution in [0.4, 0.5) is 0 Å². The van der Waals surface area contributed by atoms with E-state index in [-0.39, 0.29) is 18.2 Å². The van der Waals surface area contributed by atoms with Gasteiger partial charge in [-0.2, -0.15) is 0 Å². The van der Waals surface area contributed by atoms with Crippen molar-refractivity contribution in [1.82, 2.24) is 0 Å². The van der Waals surface area contributed by atoms with E-state index in [1.165, 1.54) is 32.1 Å². The first-order valence-electron chi connectivity index (χ1n) is 7.17. The number of carbonyl (C=O) groups excluding carboxylic acids is 2. The van der Waals surface area contributed by atoms with Gasteiger partial charge in [-0.05, 0) is 12.8 Å². The second-order valence-corrected chi connectivity index (χ2v) is 4.89. The molecule has 1 amide bonds. The second-order valence-electron chi connectivity index (χ2n) is 4.89. The van der Waals surface area contributed by atoms with Crippen LogP contribution in [0.2, 0.25) is 0 Å². The number of unbranched alkanes of at least 4 members (excludes halogenated alkanes) is 8. The summed E-state index contributed by atoms with van der Waals surface area (Å²) in [5.74, 6) is -0.0218. The number of amides is 1. The maximum atomic E-state index is 10.9. The molecule has 0 atom stereocenters. The summed E-state index contributed by atoms with van der Waals surface area (Å²) >= 11 is 0. The lowest BCUT2D eigenvalue weighted by atomic mass is 10.0. The van der Waals surface area contributed by atoms with Gasteiger partial charge in [0.25, 0.3) is 0 Å². The van der Waals surface area contributed by atoms with Crippen LogP contribution in [0.3, 0.4) is 0 Å². The highest BCUT2D eigenvalue weighted by atomic mass is 16.1. The molecule has 18 heavy (non-hydrogen) atoms. The Morgan fingerprint density at radius 1 is 0.667 bits per heavy atom. The Labute approximate surface area is 110 Å². The Hall–Kier alpha value is -0.900. The topological polar surface area (TPSA) is 86.2 Å². The summed E-state index contributed by atoms with van der Waals surface area (Å²) in [5.41, 5.74) is 10.3. The molecule has 0 radical (unpaired) electrons. The Morgan fingerprint density at radius 3 is 1.44 bits per heavy atom. The second kappa shape index (κ2) is 12.6. The van der Waals surface area contributed by atoms with E-state index in [2.05, 4.69) is 0 Å². The smallest absolute Gasteiger partial charge is 0.217 e. The number of Topliss-reactive ketones (excluding diaryl/α,β-unsaturated/α-hetero) is 1. The fraction of sp³-hybridized carbons (Fsp3) is 0.857. The molecule has 0 aliphatic carbocycles. The van der Waals surface area contributed by atoms with E-state index in [0.717, 1.165) is 25.7 Å². The molecule has 0 fully saturated rings. The number of nitrogens with two attached hydrogens (primary N) is 2. The van der Waals surface area contributed by atoms with Crippen LogP contribution < -0.4 is 11.5 Å². The van der Waals surface area contributed by atoms with Crippen LogP contribution in [0.25, 0.3) is 0 Å². The van der Waals surface area contributed by atoms with Crippen molar-refractivity contribution in [1.29, 1.82) is 0 Å². The molecule has 0 spiro atoms. The molecule has 4 nitrogen and oxygen atoms in total. The van der Waals surface area contributed by atoms with E-state index in [1.54, 1.807) is 0 Å². The van der Waals surface area contributed by atoms with Crippen LogP contribution in [0.5, 0.6) is 0 Å². The van der Waals surface area contributed by atoms with E-state index in [0.29, 0.717) is 12.8 Å². The molecular formula is C14H28N2O2. The lowest BCUT2D eigenvalue weighted by molar-refractivity contribution is -0.118. The van der Waals surface area contributed by atoms with Crippen LogP contribution in [-0.4, -0.2) is 18.2 Å². The van der Waals surface area contributed by atoms with Gasteiger partial charge >= 0.3 is 0 Å². The average Bonchev–Trinajstić information content (AvgIpc) is 2.35.